The topological polar surface area (TPSA) is 41.9 Å². The molecule has 28 heavy (non-hydrogen) atoms. The van der Waals surface area contributed by atoms with Crippen LogP contribution in [0.25, 0.3) is 0 Å². The molecule has 0 saturated heterocycles. The average molecular weight is 494 g/mol. The number of halogens is 6. The highest BCUT2D eigenvalue weighted by Crippen LogP contribution is 2.26. The first-order valence-electron chi connectivity index (χ1n) is 7.63. The van der Waals surface area contributed by atoms with E-state index >= 15 is 0 Å². The predicted octanol–water partition coefficient (Wildman–Crippen LogP) is 5.71. The van der Waals surface area contributed by atoms with Gasteiger partial charge in [0.15, 0.2) is 34.2 Å². The largest absolute Gasteiger partial charge is 0.331 e. The highest BCUT2D eigenvalue weighted by molar-refractivity contribution is 9.10. The molecule has 0 atom stereocenters. The molecule has 0 unspecified atom stereocenters. The van der Waals surface area contributed by atoms with Crippen molar-refractivity contribution in [1.29, 1.82) is 0 Å². The van der Waals surface area contributed by atoms with Gasteiger partial charge in [0.25, 0.3) is 0 Å². The zero-order valence-corrected chi connectivity index (χ0v) is 16.9. The van der Waals surface area contributed by atoms with Crippen molar-refractivity contribution in [1.82, 2.24) is 9.78 Å². The van der Waals surface area contributed by atoms with Gasteiger partial charge in [0.2, 0.25) is 0 Å². The Morgan fingerprint density at radius 1 is 1.07 bits per heavy atom. The minimum absolute atomic E-state index is 0.154. The summed E-state index contributed by atoms with van der Waals surface area (Å²) in [5, 5.41) is 10.3. The maximum absolute atomic E-state index is 13.8. The molecule has 0 aliphatic rings. The third kappa shape index (κ3) is 4.62. The molecule has 4 nitrogen and oxygen atoms in total. The molecule has 1 heterocycles. The molecule has 0 bridgehead atoms. The lowest BCUT2D eigenvalue weighted by Gasteiger charge is -2.10. The molecule has 2 N–H and O–H groups in total. The van der Waals surface area contributed by atoms with Gasteiger partial charge < -0.3 is 10.6 Å². The second-order valence-corrected chi connectivity index (χ2v) is 7.28. The van der Waals surface area contributed by atoms with Crippen LogP contribution in [0.4, 0.5) is 29.1 Å². The standard InChI is InChI=1S/C17H10BrClF4N4S/c18-8-1-2-13(10(19)5-8)24-17(28)25-14-3-4-27(26-14)7-9-15(22)11(20)6-12(21)16(9)23/h1-6H,7H2,(H2,24,25,26,28). The zero-order valence-electron chi connectivity index (χ0n) is 13.7. The number of aromatic nitrogens is 2. The zero-order chi connectivity index (χ0) is 20.4. The van der Waals surface area contributed by atoms with Gasteiger partial charge in [-0.15, -0.1) is 0 Å². The fourth-order valence-electron chi connectivity index (χ4n) is 2.30. The van der Waals surface area contributed by atoms with Crippen LogP contribution in [0.5, 0.6) is 0 Å². The molecule has 0 spiro atoms. The number of anilines is 2. The van der Waals surface area contributed by atoms with Crippen LogP contribution in [-0.4, -0.2) is 14.9 Å². The molecule has 0 radical (unpaired) electrons. The highest BCUT2D eigenvalue weighted by Gasteiger charge is 2.19. The molecule has 0 aliphatic heterocycles. The Morgan fingerprint density at radius 3 is 2.39 bits per heavy atom. The van der Waals surface area contributed by atoms with E-state index in [1.807, 2.05) is 0 Å². The summed E-state index contributed by atoms with van der Waals surface area (Å²) in [6.45, 7) is -0.507. The number of rotatable bonds is 4. The Kier molecular flexibility index (Phi) is 6.21. The molecule has 1 aromatic heterocycles. The van der Waals surface area contributed by atoms with Crippen LogP contribution in [0.1, 0.15) is 5.56 Å². The van der Waals surface area contributed by atoms with Crippen LogP contribution in [-0.2, 0) is 6.54 Å². The van der Waals surface area contributed by atoms with Gasteiger partial charge >= 0.3 is 0 Å². The van der Waals surface area contributed by atoms with Gasteiger partial charge in [-0.2, -0.15) is 5.10 Å². The smallest absolute Gasteiger partial charge is 0.176 e. The number of nitrogens with zero attached hydrogens (tertiary/aromatic N) is 2. The Hall–Kier alpha value is -2.17. The number of hydrogen-bond acceptors (Lipinski definition) is 2. The van der Waals surface area contributed by atoms with Crippen molar-refractivity contribution in [3.05, 3.63) is 74.9 Å². The van der Waals surface area contributed by atoms with Gasteiger partial charge in [-0.3, -0.25) is 4.68 Å². The lowest BCUT2D eigenvalue weighted by Crippen LogP contribution is -2.20. The lowest BCUT2D eigenvalue weighted by atomic mass is 10.2. The highest BCUT2D eigenvalue weighted by atomic mass is 79.9. The lowest BCUT2D eigenvalue weighted by molar-refractivity contribution is 0.431. The van der Waals surface area contributed by atoms with Crippen molar-refractivity contribution >= 4 is 56.4 Å². The van der Waals surface area contributed by atoms with Crippen molar-refractivity contribution in [3.8, 4) is 0 Å². The van der Waals surface area contributed by atoms with Crippen molar-refractivity contribution in [2.45, 2.75) is 6.54 Å². The minimum Gasteiger partial charge on any atom is -0.331 e. The number of hydrogen-bond donors (Lipinski definition) is 2. The van der Waals surface area contributed by atoms with E-state index in [1.165, 1.54) is 12.3 Å². The van der Waals surface area contributed by atoms with Crippen LogP contribution in [0.2, 0.25) is 5.02 Å². The maximum Gasteiger partial charge on any atom is 0.176 e. The Labute approximate surface area is 175 Å². The van der Waals surface area contributed by atoms with E-state index in [2.05, 4.69) is 31.7 Å². The number of benzene rings is 2. The summed E-state index contributed by atoms with van der Waals surface area (Å²) in [6, 6.07) is 6.79. The molecule has 0 aliphatic carbocycles. The molecule has 2 aromatic carbocycles. The SMILES string of the molecule is Fc1cc(F)c(F)c(Cn2ccc(NC(=S)Nc3ccc(Br)cc3Cl)n2)c1F. The second kappa shape index (κ2) is 8.46. The predicted molar refractivity (Wildman–Crippen MR) is 107 cm³/mol. The Morgan fingerprint density at radius 2 is 1.75 bits per heavy atom. The van der Waals surface area contributed by atoms with Crippen molar-refractivity contribution < 1.29 is 17.6 Å². The van der Waals surface area contributed by atoms with E-state index in [9.17, 15) is 17.6 Å². The molecule has 0 fully saturated rings. The van der Waals surface area contributed by atoms with Gasteiger partial charge in [-0.05, 0) is 30.4 Å². The fraction of sp³-hybridized carbons (Fsp3) is 0.0588. The molecular formula is C17H10BrClF4N4S. The monoisotopic (exact) mass is 492 g/mol. The molecule has 146 valence electrons. The second-order valence-electron chi connectivity index (χ2n) is 5.55. The van der Waals surface area contributed by atoms with Crippen molar-refractivity contribution in [2.75, 3.05) is 10.6 Å². The van der Waals surface area contributed by atoms with Crippen LogP contribution in [0.3, 0.4) is 0 Å². The summed E-state index contributed by atoms with van der Waals surface area (Å²) in [6.07, 6.45) is 1.37. The van der Waals surface area contributed by atoms with E-state index in [4.69, 9.17) is 23.8 Å². The van der Waals surface area contributed by atoms with Crippen LogP contribution < -0.4 is 10.6 Å². The van der Waals surface area contributed by atoms with Crippen LogP contribution in [0.15, 0.2) is 41.0 Å². The minimum atomic E-state index is -1.48. The van der Waals surface area contributed by atoms with Gasteiger partial charge in [-0.1, -0.05) is 27.5 Å². The van der Waals surface area contributed by atoms with E-state index in [0.29, 0.717) is 10.7 Å². The summed E-state index contributed by atoms with van der Waals surface area (Å²) < 4.78 is 56.0. The van der Waals surface area contributed by atoms with Gasteiger partial charge in [0, 0.05) is 22.8 Å². The van der Waals surface area contributed by atoms with Crippen molar-refractivity contribution in [3.63, 3.8) is 0 Å². The first kappa shape index (κ1) is 20.6. The third-order valence-electron chi connectivity index (χ3n) is 3.58. The first-order valence-corrected chi connectivity index (χ1v) is 9.21. The van der Waals surface area contributed by atoms with E-state index in [0.717, 1.165) is 9.15 Å². The average Bonchev–Trinajstić information content (AvgIpc) is 3.06. The van der Waals surface area contributed by atoms with Gasteiger partial charge in [0.05, 0.1) is 22.8 Å². The molecule has 3 rings (SSSR count). The normalized spacial score (nSPS) is 10.8. The van der Waals surface area contributed by atoms with Gasteiger partial charge in [0.1, 0.15) is 0 Å². The molecule has 0 saturated carbocycles. The summed E-state index contributed by atoms with van der Waals surface area (Å²) in [5.41, 5.74) is -0.212. The molecule has 3 aromatic rings. The van der Waals surface area contributed by atoms with Gasteiger partial charge in [-0.25, -0.2) is 17.6 Å². The van der Waals surface area contributed by atoms with Crippen LogP contribution in [0, 0.1) is 23.3 Å². The van der Waals surface area contributed by atoms with Crippen molar-refractivity contribution in [2.24, 2.45) is 0 Å². The Balaban J connectivity index is 1.70. The van der Waals surface area contributed by atoms with E-state index in [1.54, 1.807) is 18.2 Å². The summed E-state index contributed by atoms with van der Waals surface area (Å²) in [7, 11) is 0. The molecular weight excluding hydrogens is 484 g/mol. The summed E-state index contributed by atoms with van der Waals surface area (Å²) in [5.74, 6) is -5.63. The third-order valence-corrected chi connectivity index (χ3v) is 4.59. The summed E-state index contributed by atoms with van der Waals surface area (Å²) in [4.78, 5) is 0. The van der Waals surface area contributed by atoms with Crippen LogP contribution >= 0.6 is 39.7 Å². The number of nitrogens with one attached hydrogen (secondary N) is 2. The van der Waals surface area contributed by atoms with E-state index < -0.39 is 35.4 Å². The summed E-state index contributed by atoms with van der Waals surface area (Å²) >= 11 is 14.5. The first-order chi connectivity index (χ1) is 13.2. The maximum atomic E-state index is 13.8. The molecule has 11 heteroatoms. The molecule has 0 amide bonds. The fourth-order valence-corrected chi connectivity index (χ4v) is 3.24. The van der Waals surface area contributed by atoms with E-state index in [-0.39, 0.29) is 17.0 Å². The quantitative estimate of drug-likeness (QED) is 0.277. The Bertz CT molecular complexity index is 1030. The number of thiocarbonyl (C=S) groups is 1.